The zero-order valence-electron chi connectivity index (χ0n) is 36.1. The smallest absolute Gasteiger partial charge is 0.249 e. The molecular weight excluding hydrogens is 667 g/mol. The number of carbonyl (C=O) groups excluding carboxylic acids is 1. The number of aliphatic hydroxyl groups excluding tert-OH is 3. The van der Waals surface area contributed by atoms with Crippen LogP contribution in [0.15, 0.2) is 36.5 Å². The van der Waals surface area contributed by atoms with Crippen LogP contribution in [0.3, 0.4) is 0 Å². The van der Waals surface area contributed by atoms with Crippen LogP contribution in [0.4, 0.5) is 0 Å². The fraction of sp³-hybridized carbons (Fsp3) is 0.857. The van der Waals surface area contributed by atoms with Crippen molar-refractivity contribution in [1.82, 2.24) is 5.32 Å². The Bertz CT molecular complexity index is 840. The third-order valence-electron chi connectivity index (χ3n) is 11.0. The highest BCUT2D eigenvalue weighted by atomic mass is 16.3. The first-order chi connectivity index (χ1) is 26.6. The maximum absolute atomic E-state index is 12.5. The first-order valence-corrected chi connectivity index (χ1v) is 23.8. The molecule has 0 rings (SSSR count). The highest BCUT2D eigenvalue weighted by Crippen LogP contribution is 2.15. The number of allylic oxidation sites excluding steroid dienone is 5. The van der Waals surface area contributed by atoms with Crippen LogP contribution in [0.25, 0.3) is 0 Å². The van der Waals surface area contributed by atoms with Crippen molar-refractivity contribution >= 4 is 5.91 Å². The molecule has 0 aromatic carbocycles. The Morgan fingerprint density at radius 2 is 0.759 bits per heavy atom. The van der Waals surface area contributed by atoms with Crippen molar-refractivity contribution in [2.45, 2.75) is 263 Å². The minimum atomic E-state index is -1.11. The largest absolute Gasteiger partial charge is 0.394 e. The second-order valence-electron chi connectivity index (χ2n) is 16.3. The molecule has 0 aromatic rings. The number of carbonyl (C=O) groups is 1. The van der Waals surface area contributed by atoms with Gasteiger partial charge in [-0.15, -0.1) is 0 Å². The van der Waals surface area contributed by atoms with Gasteiger partial charge < -0.3 is 20.6 Å². The van der Waals surface area contributed by atoms with Crippen LogP contribution in [0.5, 0.6) is 0 Å². The molecule has 0 saturated heterocycles. The summed E-state index contributed by atoms with van der Waals surface area (Å²) < 4.78 is 0. The van der Waals surface area contributed by atoms with E-state index in [4.69, 9.17) is 0 Å². The molecule has 3 atom stereocenters. The first-order valence-electron chi connectivity index (χ1n) is 23.8. The Hall–Kier alpha value is -1.43. The molecule has 1 amide bonds. The Morgan fingerprint density at radius 3 is 1.13 bits per heavy atom. The normalized spacial score (nSPS) is 13.8. The lowest BCUT2D eigenvalue weighted by Crippen LogP contribution is -2.48. The summed E-state index contributed by atoms with van der Waals surface area (Å²) in [6.45, 7) is 4.18. The summed E-state index contributed by atoms with van der Waals surface area (Å²) >= 11 is 0. The molecule has 0 heterocycles. The van der Waals surface area contributed by atoms with Crippen molar-refractivity contribution in [3.8, 4) is 0 Å². The van der Waals surface area contributed by atoms with Gasteiger partial charge >= 0.3 is 0 Å². The van der Waals surface area contributed by atoms with Gasteiger partial charge in [0.1, 0.15) is 6.10 Å². The maximum Gasteiger partial charge on any atom is 0.249 e. The van der Waals surface area contributed by atoms with E-state index in [-0.39, 0.29) is 6.61 Å². The number of amides is 1. The van der Waals surface area contributed by atoms with Gasteiger partial charge in [0.15, 0.2) is 0 Å². The van der Waals surface area contributed by atoms with Crippen molar-refractivity contribution in [2.24, 2.45) is 0 Å². The van der Waals surface area contributed by atoms with E-state index in [0.29, 0.717) is 6.42 Å². The van der Waals surface area contributed by atoms with Crippen LogP contribution in [-0.2, 0) is 4.79 Å². The van der Waals surface area contributed by atoms with E-state index < -0.39 is 24.2 Å². The molecule has 3 unspecified atom stereocenters. The molecule has 0 aromatic heterocycles. The van der Waals surface area contributed by atoms with E-state index in [1.807, 2.05) is 6.08 Å². The lowest BCUT2D eigenvalue weighted by molar-refractivity contribution is -0.131. The van der Waals surface area contributed by atoms with Crippen molar-refractivity contribution in [1.29, 1.82) is 0 Å². The minimum absolute atomic E-state index is 0.376. The van der Waals surface area contributed by atoms with E-state index in [1.165, 1.54) is 186 Å². The lowest BCUT2D eigenvalue weighted by Gasteiger charge is -2.21. The summed E-state index contributed by atoms with van der Waals surface area (Å²) in [6.07, 6.45) is 56.2. The average molecular weight is 760 g/mol. The summed E-state index contributed by atoms with van der Waals surface area (Å²) in [6, 6.07) is -0.814. The number of unbranched alkanes of at least 4 members (excludes halogenated alkanes) is 31. The van der Waals surface area contributed by atoms with Crippen LogP contribution in [0, 0.1) is 0 Å². The van der Waals surface area contributed by atoms with Crippen molar-refractivity contribution < 1.29 is 20.1 Å². The molecule has 54 heavy (non-hydrogen) atoms. The van der Waals surface area contributed by atoms with Gasteiger partial charge in [0.05, 0.1) is 18.8 Å². The monoisotopic (exact) mass is 760 g/mol. The Balaban J connectivity index is 3.64. The molecular formula is C49H93NO4. The zero-order chi connectivity index (χ0) is 39.4. The van der Waals surface area contributed by atoms with Crippen LogP contribution >= 0.6 is 0 Å². The predicted molar refractivity (Wildman–Crippen MR) is 236 cm³/mol. The van der Waals surface area contributed by atoms with Gasteiger partial charge in [-0.2, -0.15) is 0 Å². The van der Waals surface area contributed by atoms with Crippen LogP contribution in [0.2, 0.25) is 0 Å². The standard InChI is InChI=1S/C49H93NO4/c1-3-5-7-9-11-13-15-17-19-20-21-22-23-24-25-26-27-28-30-32-34-36-38-40-42-44-48(53)49(54)50-46(45-51)47(52)43-41-39-37-35-33-31-29-18-16-14-12-10-8-6-4-2/h24-25,33,35,41,43,46-48,51-53H,3-23,26-32,34,36-40,42,44-45H2,1-2H3,(H,50,54)/b25-24-,35-33+,43-41+. The fourth-order valence-corrected chi connectivity index (χ4v) is 7.20. The van der Waals surface area contributed by atoms with Crippen molar-refractivity contribution in [3.63, 3.8) is 0 Å². The molecule has 0 saturated carbocycles. The molecule has 5 nitrogen and oxygen atoms in total. The molecule has 0 bridgehead atoms. The fourth-order valence-electron chi connectivity index (χ4n) is 7.20. The second kappa shape index (κ2) is 44.3. The van der Waals surface area contributed by atoms with Crippen LogP contribution in [0.1, 0.15) is 245 Å². The molecule has 318 valence electrons. The number of nitrogens with one attached hydrogen (secondary N) is 1. The molecule has 4 N–H and O–H groups in total. The number of rotatable bonds is 43. The molecule has 0 spiro atoms. The van der Waals surface area contributed by atoms with Gasteiger partial charge in [0.25, 0.3) is 0 Å². The van der Waals surface area contributed by atoms with Crippen LogP contribution < -0.4 is 5.32 Å². The molecule has 0 aliphatic rings. The van der Waals surface area contributed by atoms with Crippen molar-refractivity contribution in [2.75, 3.05) is 6.61 Å². The third-order valence-corrected chi connectivity index (χ3v) is 11.0. The van der Waals surface area contributed by atoms with E-state index in [2.05, 4.69) is 43.5 Å². The molecule has 5 heteroatoms. The number of hydrogen-bond donors (Lipinski definition) is 4. The van der Waals surface area contributed by atoms with E-state index in [0.717, 1.165) is 38.5 Å². The molecule has 0 radical (unpaired) electrons. The van der Waals surface area contributed by atoms with Crippen molar-refractivity contribution in [3.05, 3.63) is 36.5 Å². The van der Waals surface area contributed by atoms with Gasteiger partial charge in [-0.3, -0.25) is 4.79 Å². The number of aliphatic hydroxyl groups is 3. The highest BCUT2D eigenvalue weighted by molar-refractivity contribution is 5.80. The Kier molecular flexibility index (Phi) is 43.1. The van der Waals surface area contributed by atoms with E-state index in [9.17, 15) is 20.1 Å². The number of hydrogen-bond acceptors (Lipinski definition) is 4. The Labute approximate surface area is 336 Å². The average Bonchev–Trinajstić information content (AvgIpc) is 3.18. The van der Waals surface area contributed by atoms with E-state index in [1.54, 1.807) is 6.08 Å². The minimum Gasteiger partial charge on any atom is -0.394 e. The van der Waals surface area contributed by atoms with Crippen LogP contribution in [-0.4, -0.2) is 46.1 Å². The quantitative estimate of drug-likeness (QED) is 0.0368. The summed E-state index contributed by atoms with van der Waals surface area (Å²) in [5.41, 5.74) is 0. The zero-order valence-corrected chi connectivity index (χ0v) is 36.1. The SMILES string of the molecule is CCCCCCCCCCC/C=C/CC/C=C/C(O)C(CO)NC(=O)C(O)CCCCCCCCCCC/C=C\CCCCCCCCCCCCCC. The van der Waals surface area contributed by atoms with Gasteiger partial charge in [-0.25, -0.2) is 0 Å². The topological polar surface area (TPSA) is 89.8 Å². The highest BCUT2D eigenvalue weighted by Gasteiger charge is 2.22. The lowest BCUT2D eigenvalue weighted by atomic mass is 10.0. The van der Waals surface area contributed by atoms with E-state index >= 15 is 0 Å². The summed E-state index contributed by atoms with van der Waals surface area (Å²) in [5, 5.41) is 33.1. The molecule has 0 fully saturated rings. The third kappa shape index (κ3) is 38.8. The Morgan fingerprint density at radius 1 is 0.444 bits per heavy atom. The summed E-state index contributed by atoms with van der Waals surface area (Å²) in [4.78, 5) is 12.5. The summed E-state index contributed by atoms with van der Waals surface area (Å²) in [7, 11) is 0. The first kappa shape index (κ1) is 52.6. The van der Waals surface area contributed by atoms with Gasteiger partial charge in [-0.05, 0) is 57.8 Å². The molecule has 0 aliphatic carbocycles. The second-order valence-corrected chi connectivity index (χ2v) is 16.3. The van der Waals surface area contributed by atoms with Gasteiger partial charge in [0.2, 0.25) is 5.91 Å². The maximum atomic E-state index is 12.5. The predicted octanol–water partition coefficient (Wildman–Crippen LogP) is 13.9. The summed E-state index contributed by atoms with van der Waals surface area (Å²) in [5.74, 6) is -0.514. The van der Waals surface area contributed by atoms with Gasteiger partial charge in [0, 0.05) is 0 Å². The van der Waals surface area contributed by atoms with Gasteiger partial charge in [-0.1, -0.05) is 224 Å². The molecule has 0 aliphatic heterocycles.